The van der Waals surface area contributed by atoms with Crippen molar-refractivity contribution in [2.45, 2.75) is 53.1 Å². The monoisotopic (exact) mass is 339 g/mol. The fourth-order valence-electron chi connectivity index (χ4n) is 2.19. The molecular formula is C17H29N3O4. The van der Waals surface area contributed by atoms with Crippen LogP contribution in [0.3, 0.4) is 0 Å². The van der Waals surface area contributed by atoms with Crippen LogP contribution in [0.25, 0.3) is 0 Å². The minimum Gasteiger partial charge on any atom is -0.461 e. The number of rotatable bonds is 5. The number of hydrogen-bond donors (Lipinski definition) is 1. The van der Waals surface area contributed by atoms with Gasteiger partial charge in [-0.15, -0.1) is 0 Å². The lowest BCUT2D eigenvalue weighted by molar-refractivity contribution is -0.135. The minimum absolute atomic E-state index is 0.197. The number of nitrogens with two attached hydrogens (primary N) is 1. The van der Waals surface area contributed by atoms with Gasteiger partial charge in [0.2, 0.25) is 0 Å². The third-order valence-corrected chi connectivity index (χ3v) is 3.29. The standard InChI is InChI=1S/C17H29N3O4/c1-6-9-19-14(15(21)23-7-2)12-11-20(10-8-13(12)18)16(22)24-17(3,4)5/h6-11,18H2,1-5H3. The van der Waals surface area contributed by atoms with Gasteiger partial charge in [0.25, 0.3) is 0 Å². The van der Waals surface area contributed by atoms with Crippen molar-refractivity contribution in [3.8, 4) is 0 Å². The van der Waals surface area contributed by atoms with Gasteiger partial charge >= 0.3 is 12.1 Å². The second kappa shape index (κ2) is 8.70. The number of carbonyl (C=O) groups is 2. The van der Waals surface area contributed by atoms with E-state index in [1.54, 1.807) is 6.92 Å². The summed E-state index contributed by atoms with van der Waals surface area (Å²) < 4.78 is 10.5. The molecule has 0 saturated carbocycles. The summed E-state index contributed by atoms with van der Waals surface area (Å²) >= 11 is 0. The highest BCUT2D eigenvalue weighted by Gasteiger charge is 2.30. The molecule has 1 aliphatic heterocycles. The summed E-state index contributed by atoms with van der Waals surface area (Å²) in [6, 6.07) is 0. The molecule has 0 radical (unpaired) electrons. The third-order valence-electron chi connectivity index (χ3n) is 3.29. The first-order valence-corrected chi connectivity index (χ1v) is 8.37. The molecule has 0 spiro atoms. The molecule has 7 nitrogen and oxygen atoms in total. The smallest absolute Gasteiger partial charge is 0.410 e. The number of carbonyl (C=O) groups excluding carboxylic acids is 2. The van der Waals surface area contributed by atoms with Crippen molar-refractivity contribution in [1.82, 2.24) is 4.90 Å². The van der Waals surface area contributed by atoms with Crippen LogP contribution < -0.4 is 5.73 Å². The molecule has 0 aromatic carbocycles. The molecule has 0 bridgehead atoms. The molecular weight excluding hydrogens is 310 g/mol. The molecule has 0 saturated heterocycles. The number of ether oxygens (including phenoxy) is 2. The predicted molar refractivity (Wildman–Crippen MR) is 92.9 cm³/mol. The Labute approximate surface area is 143 Å². The van der Waals surface area contributed by atoms with Gasteiger partial charge in [-0.2, -0.15) is 0 Å². The third kappa shape index (κ3) is 5.86. The molecule has 0 fully saturated rings. The maximum atomic E-state index is 12.3. The molecule has 0 atom stereocenters. The minimum atomic E-state index is -0.579. The van der Waals surface area contributed by atoms with Gasteiger partial charge in [0.15, 0.2) is 0 Å². The van der Waals surface area contributed by atoms with Crippen molar-refractivity contribution in [3.63, 3.8) is 0 Å². The van der Waals surface area contributed by atoms with Crippen LogP contribution in [-0.4, -0.2) is 54.5 Å². The zero-order valence-electron chi connectivity index (χ0n) is 15.3. The number of esters is 1. The largest absolute Gasteiger partial charge is 0.461 e. The molecule has 0 aliphatic carbocycles. The van der Waals surface area contributed by atoms with Crippen LogP contribution in [0.5, 0.6) is 0 Å². The summed E-state index contributed by atoms with van der Waals surface area (Å²) in [5, 5.41) is 0. The summed E-state index contributed by atoms with van der Waals surface area (Å²) in [7, 11) is 0. The zero-order valence-corrected chi connectivity index (χ0v) is 15.3. The normalized spacial score (nSPS) is 16.2. The molecule has 136 valence electrons. The van der Waals surface area contributed by atoms with Gasteiger partial charge < -0.3 is 20.1 Å². The van der Waals surface area contributed by atoms with Gasteiger partial charge in [0, 0.05) is 30.8 Å². The molecule has 7 heteroatoms. The fourth-order valence-corrected chi connectivity index (χ4v) is 2.19. The van der Waals surface area contributed by atoms with E-state index in [4.69, 9.17) is 15.2 Å². The molecule has 2 N–H and O–H groups in total. The maximum absolute atomic E-state index is 12.3. The lowest BCUT2D eigenvalue weighted by Crippen LogP contribution is -2.43. The fraction of sp³-hybridized carbons (Fsp3) is 0.706. The molecule has 24 heavy (non-hydrogen) atoms. The first-order chi connectivity index (χ1) is 11.2. The van der Waals surface area contributed by atoms with Crippen LogP contribution in [0, 0.1) is 0 Å². The van der Waals surface area contributed by atoms with Gasteiger partial charge in [0.1, 0.15) is 11.3 Å². The SMILES string of the molecule is CCCN=C(C(=O)OCC)C1=C(N)CCN(C(=O)OC(C)(C)C)C1. The Balaban J connectivity index is 3.01. The van der Waals surface area contributed by atoms with E-state index in [9.17, 15) is 9.59 Å². The van der Waals surface area contributed by atoms with E-state index in [1.807, 2.05) is 27.7 Å². The quantitative estimate of drug-likeness (QED) is 0.612. The van der Waals surface area contributed by atoms with E-state index in [2.05, 4.69) is 4.99 Å². The van der Waals surface area contributed by atoms with Crippen LogP contribution >= 0.6 is 0 Å². The van der Waals surface area contributed by atoms with Crippen molar-refractivity contribution >= 4 is 17.8 Å². The van der Waals surface area contributed by atoms with Crippen LogP contribution in [0.2, 0.25) is 0 Å². The molecule has 1 heterocycles. The van der Waals surface area contributed by atoms with Crippen LogP contribution in [0.15, 0.2) is 16.3 Å². The summed E-state index contributed by atoms with van der Waals surface area (Å²) in [6.45, 7) is 10.5. The second-order valence-corrected chi connectivity index (χ2v) is 6.61. The molecule has 1 aliphatic rings. The molecule has 0 unspecified atom stereocenters. The Bertz CT molecular complexity index is 532. The lowest BCUT2D eigenvalue weighted by atomic mass is 10.0. The van der Waals surface area contributed by atoms with E-state index in [-0.39, 0.29) is 18.9 Å². The van der Waals surface area contributed by atoms with E-state index >= 15 is 0 Å². The Morgan fingerprint density at radius 1 is 1.29 bits per heavy atom. The Hall–Kier alpha value is -2.05. The van der Waals surface area contributed by atoms with Crippen LogP contribution in [-0.2, 0) is 14.3 Å². The maximum Gasteiger partial charge on any atom is 0.410 e. The van der Waals surface area contributed by atoms with Crippen LogP contribution in [0.4, 0.5) is 4.79 Å². The summed E-state index contributed by atoms with van der Waals surface area (Å²) in [4.78, 5) is 30.4. The summed E-state index contributed by atoms with van der Waals surface area (Å²) in [6.07, 6.45) is 0.844. The van der Waals surface area contributed by atoms with Gasteiger partial charge in [-0.05, 0) is 34.1 Å². The van der Waals surface area contributed by atoms with E-state index in [1.165, 1.54) is 4.90 Å². The first-order valence-electron chi connectivity index (χ1n) is 8.37. The van der Waals surface area contributed by atoms with Crippen molar-refractivity contribution in [2.75, 3.05) is 26.2 Å². The topological polar surface area (TPSA) is 94.2 Å². The molecule has 1 amide bonds. The van der Waals surface area contributed by atoms with Crippen molar-refractivity contribution in [2.24, 2.45) is 10.7 Å². The summed E-state index contributed by atoms with van der Waals surface area (Å²) in [5.41, 5.74) is 6.84. The Morgan fingerprint density at radius 3 is 2.50 bits per heavy atom. The zero-order chi connectivity index (χ0) is 18.3. The van der Waals surface area contributed by atoms with Crippen molar-refractivity contribution < 1.29 is 19.1 Å². The average Bonchev–Trinajstić information content (AvgIpc) is 2.47. The lowest BCUT2D eigenvalue weighted by Gasteiger charge is -2.31. The molecule has 0 aromatic rings. The number of hydrogen-bond acceptors (Lipinski definition) is 6. The number of nitrogens with zero attached hydrogens (tertiary/aromatic N) is 2. The van der Waals surface area contributed by atoms with Crippen LogP contribution in [0.1, 0.15) is 47.5 Å². The van der Waals surface area contributed by atoms with Gasteiger partial charge in [-0.3, -0.25) is 4.99 Å². The molecule has 0 aromatic heterocycles. The van der Waals surface area contributed by atoms with Gasteiger partial charge in [0.05, 0.1) is 13.2 Å². The number of aliphatic imine (C=N–C) groups is 1. The highest BCUT2D eigenvalue weighted by Crippen LogP contribution is 2.19. The number of amides is 1. The van der Waals surface area contributed by atoms with E-state index in [0.717, 1.165) is 6.42 Å². The van der Waals surface area contributed by atoms with Crippen molar-refractivity contribution in [1.29, 1.82) is 0 Å². The average molecular weight is 339 g/mol. The summed E-state index contributed by atoms with van der Waals surface area (Å²) in [5.74, 6) is -0.505. The molecule has 1 rings (SSSR count). The van der Waals surface area contributed by atoms with E-state index < -0.39 is 17.7 Å². The van der Waals surface area contributed by atoms with E-state index in [0.29, 0.717) is 30.8 Å². The van der Waals surface area contributed by atoms with Gasteiger partial charge in [-0.25, -0.2) is 9.59 Å². The highest BCUT2D eigenvalue weighted by atomic mass is 16.6. The Morgan fingerprint density at radius 2 is 1.96 bits per heavy atom. The predicted octanol–water partition coefficient (Wildman–Crippen LogP) is 2.25. The van der Waals surface area contributed by atoms with Gasteiger partial charge in [-0.1, -0.05) is 6.92 Å². The van der Waals surface area contributed by atoms with Crippen molar-refractivity contribution in [3.05, 3.63) is 11.3 Å². The Kier molecular flexibility index (Phi) is 7.25. The highest BCUT2D eigenvalue weighted by molar-refractivity contribution is 6.43. The first kappa shape index (κ1) is 20.0. The second-order valence-electron chi connectivity index (χ2n) is 6.61.